The molecule has 0 aromatic carbocycles. The minimum absolute atomic E-state index is 0.356. The number of anilines is 2. The zero-order chi connectivity index (χ0) is 13.7. The Balaban J connectivity index is 2.04. The van der Waals surface area contributed by atoms with Gasteiger partial charge in [0.2, 0.25) is 0 Å². The third kappa shape index (κ3) is 3.76. The van der Waals surface area contributed by atoms with Crippen LogP contribution in [0.3, 0.4) is 0 Å². The Kier molecular flexibility index (Phi) is 4.52. The molecular weight excluding hydrogens is 246 g/mol. The molecule has 1 atom stereocenters. The number of aromatic nitrogens is 2. The highest BCUT2D eigenvalue weighted by Gasteiger charge is 2.32. The predicted octanol–water partition coefficient (Wildman–Crippen LogP) is 0.278. The summed E-state index contributed by atoms with van der Waals surface area (Å²) in [5, 5.41) is 13.3. The Hall–Kier alpha value is -1.44. The van der Waals surface area contributed by atoms with Crippen molar-refractivity contribution in [3.05, 3.63) is 11.9 Å². The molecular formula is C12H21N5O2. The fourth-order valence-corrected chi connectivity index (χ4v) is 1.99. The molecule has 1 aliphatic heterocycles. The van der Waals surface area contributed by atoms with E-state index >= 15 is 0 Å². The number of ether oxygens (including phenoxy) is 1. The van der Waals surface area contributed by atoms with Crippen molar-refractivity contribution in [3.63, 3.8) is 0 Å². The zero-order valence-electron chi connectivity index (χ0n) is 11.1. The van der Waals surface area contributed by atoms with Gasteiger partial charge in [0, 0.05) is 32.1 Å². The minimum atomic E-state index is -0.813. The van der Waals surface area contributed by atoms with Gasteiger partial charge in [-0.1, -0.05) is 6.92 Å². The summed E-state index contributed by atoms with van der Waals surface area (Å²) in [4.78, 5) is 8.66. The number of nitrogens with two attached hydrogens (primary N) is 1. The lowest BCUT2D eigenvalue weighted by Crippen LogP contribution is -2.37. The topological polar surface area (TPSA) is 105 Å². The second-order valence-electron chi connectivity index (χ2n) is 4.83. The fourth-order valence-electron chi connectivity index (χ4n) is 1.99. The summed E-state index contributed by atoms with van der Waals surface area (Å²) in [5.41, 5.74) is 1.71. The molecule has 0 spiro atoms. The average Bonchev–Trinajstić information content (AvgIpc) is 2.84. The van der Waals surface area contributed by atoms with Crippen molar-refractivity contribution in [2.75, 3.05) is 30.5 Å². The second kappa shape index (κ2) is 6.14. The first kappa shape index (κ1) is 14.0. The van der Waals surface area contributed by atoms with E-state index < -0.39 is 5.60 Å². The van der Waals surface area contributed by atoms with E-state index in [-0.39, 0.29) is 0 Å². The number of nitrogen functional groups attached to an aromatic ring is 1. The number of hydrazine groups is 1. The minimum Gasteiger partial charge on any atom is -0.386 e. The van der Waals surface area contributed by atoms with E-state index in [2.05, 4.69) is 27.6 Å². The van der Waals surface area contributed by atoms with E-state index in [4.69, 9.17) is 10.6 Å². The van der Waals surface area contributed by atoms with E-state index in [1.807, 2.05) is 0 Å². The van der Waals surface area contributed by atoms with Crippen molar-refractivity contribution in [1.29, 1.82) is 0 Å². The maximum absolute atomic E-state index is 10.2. The fraction of sp³-hybridized carbons (Fsp3) is 0.667. The van der Waals surface area contributed by atoms with Crippen molar-refractivity contribution < 1.29 is 9.84 Å². The lowest BCUT2D eigenvalue weighted by Gasteiger charge is -2.21. The number of nitrogens with one attached hydrogen (secondary N) is 2. The van der Waals surface area contributed by atoms with Crippen LogP contribution in [0.4, 0.5) is 11.6 Å². The maximum Gasteiger partial charge on any atom is 0.145 e. The molecule has 2 rings (SSSR count). The van der Waals surface area contributed by atoms with Gasteiger partial charge in [-0.05, 0) is 6.42 Å². The number of hydrogen-bond acceptors (Lipinski definition) is 7. The molecule has 0 radical (unpaired) electrons. The molecule has 7 heteroatoms. The summed E-state index contributed by atoms with van der Waals surface area (Å²) in [6.07, 6.45) is 2.39. The van der Waals surface area contributed by atoms with Crippen molar-refractivity contribution in [1.82, 2.24) is 9.97 Å². The summed E-state index contributed by atoms with van der Waals surface area (Å²) in [6.45, 7) is 3.42. The molecule has 1 saturated heterocycles. The third-order valence-corrected chi connectivity index (χ3v) is 3.08. The van der Waals surface area contributed by atoms with Crippen LogP contribution in [0.15, 0.2) is 6.07 Å². The van der Waals surface area contributed by atoms with E-state index in [1.54, 1.807) is 6.07 Å². The molecule has 0 saturated carbocycles. The molecule has 0 amide bonds. The monoisotopic (exact) mass is 267 g/mol. The molecule has 1 unspecified atom stereocenters. The highest BCUT2D eigenvalue weighted by atomic mass is 16.5. The maximum atomic E-state index is 10.2. The van der Waals surface area contributed by atoms with E-state index in [0.29, 0.717) is 37.8 Å². The van der Waals surface area contributed by atoms with Gasteiger partial charge in [0.05, 0.1) is 6.61 Å². The van der Waals surface area contributed by atoms with Crippen LogP contribution in [0.25, 0.3) is 0 Å². The summed E-state index contributed by atoms with van der Waals surface area (Å²) in [5.74, 6) is 7.35. The molecule has 0 aliphatic carbocycles. The van der Waals surface area contributed by atoms with Crippen molar-refractivity contribution >= 4 is 11.6 Å². The van der Waals surface area contributed by atoms with Gasteiger partial charge in [-0.15, -0.1) is 0 Å². The second-order valence-corrected chi connectivity index (χ2v) is 4.83. The lowest BCUT2D eigenvalue weighted by atomic mass is 10.0. The van der Waals surface area contributed by atoms with Crippen LogP contribution in [0.2, 0.25) is 0 Å². The van der Waals surface area contributed by atoms with Gasteiger partial charge in [0.25, 0.3) is 0 Å². The van der Waals surface area contributed by atoms with Gasteiger partial charge in [-0.2, -0.15) is 0 Å². The molecule has 7 nitrogen and oxygen atoms in total. The number of aliphatic hydroxyl groups is 1. The Bertz CT molecular complexity index is 421. The van der Waals surface area contributed by atoms with Crippen LogP contribution in [0, 0.1) is 0 Å². The van der Waals surface area contributed by atoms with E-state index in [1.165, 1.54) is 0 Å². The summed E-state index contributed by atoms with van der Waals surface area (Å²) >= 11 is 0. The summed E-state index contributed by atoms with van der Waals surface area (Å²) in [6, 6.07) is 1.72. The van der Waals surface area contributed by atoms with Crippen molar-refractivity contribution in [2.24, 2.45) is 5.84 Å². The Morgan fingerprint density at radius 1 is 1.47 bits per heavy atom. The summed E-state index contributed by atoms with van der Waals surface area (Å²) in [7, 11) is 0. The molecule has 1 fully saturated rings. The molecule has 1 aliphatic rings. The van der Waals surface area contributed by atoms with Gasteiger partial charge in [-0.25, -0.2) is 15.8 Å². The predicted molar refractivity (Wildman–Crippen MR) is 72.7 cm³/mol. The van der Waals surface area contributed by atoms with Gasteiger partial charge >= 0.3 is 0 Å². The van der Waals surface area contributed by atoms with Crippen LogP contribution in [0.1, 0.15) is 25.6 Å². The van der Waals surface area contributed by atoms with E-state index in [0.717, 1.165) is 18.7 Å². The molecule has 1 aromatic heterocycles. The molecule has 0 bridgehead atoms. The number of rotatable bonds is 6. The lowest BCUT2D eigenvalue weighted by molar-refractivity contribution is 0.0381. The van der Waals surface area contributed by atoms with Gasteiger partial charge in [0.15, 0.2) is 0 Å². The first-order valence-corrected chi connectivity index (χ1v) is 6.54. The molecule has 5 N–H and O–H groups in total. The standard InChI is InChI=1S/C12H21N5O2/c1-2-3-9-15-10(6-11(16-9)17-13)14-7-12(18)4-5-19-8-12/h6,18H,2-5,7-8,13H2,1H3,(H2,14,15,16,17). The van der Waals surface area contributed by atoms with Gasteiger partial charge in [-0.3, -0.25) is 0 Å². The quantitative estimate of drug-likeness (QED) is 0.433. The van der Waals surface area contributed by atoms with Crippen LogP contribution in [-0.4, -0.2) is 40.4 Å². The normalized spacial score (nSPS) is 22.5. The molecule has 106 valence electrons. The average molecular weight is 267 g/mol. The molecule has 2 heterocycles. The van der Waals surface area contributed by atoms with Crippen LogP contribution >= 0.6 is 0 Å². The first-order chi connectivity index (χ1) is 9.15. The number of nitrogens with zero attached hydrogens (tertiary/aromatic N) is 2. The van der Waals surface area contributed by atoms with Gasteiger partial charge in [0.1, 0.15) is 23.1 Å². The first-order valence-electron chi connectivity index (χ1n) is 6.54. The smallest absolute Gasteiger partial charge is 0.145 e. The Labute approximate surface area is 112 Å². The number of hydrogen-bond donors (Lipinski definition) is 4. The highest BCUT2D eigenvalue weighted by molar-refractivity contribution is 5.47. The van der Waals surface area contributed by atoms with E-state index in [9.17, 15) is 5.11 Å². The Morgan fingerprint density at radius 3 is 2.89 bits per heavy atom. The van der Waals surface area contributed by atoms with Crippen LogP contribution in [0.5, 0.6) is 0 Å². The third-order valence-electron chi connectivity index (χ3n) is 3.08. The highest BCUT2D eigenvalue weighted by Crippen LogP contribution is 2.19. The Morgan fingerprint density at radius 2 is 2.26 bits per heavy atom. The number of aryl methyl sites for hydroxylation is 1. The van der Waals surface area contributed by atoms with Crippen LogP contribution in [-0.2, 0) is 11.2 Å². The largest absolute Gasteiger partial charge is 0.386 e. The van der Waals surface area contributed by atoms with Crippen molar-refractivity contribution in [3.8, 4) is 0 Å². The zero-order valence-corrected chi connectivity index (χ0v) is 11.1. The van der Waals surface area contributed by atoms with Crippen LogP contribution < -0.4 is 16.6 Å². The molecule has 1 aromatic rings. The van der Waals surface area contributed by atoms with Crippen molar-refractivity contribution in [2.45, 2.75) is 31.8 Å². The molecule has 19 heavy (non-hydrogen) atoms. The summed E-state index contributed by atoms with van der Waals surface area (Å²) < 4.78 is 5.20. The van der Waals surface area contributed by atoms with Gasteiger partial charge < -0.3 is 20.6 Å². The SMILES string of the molecule is CCCc1nc(NN)cc(NCC2(O)CCOC2)n1.